The molecule has 1 aliphatic heterocycles. The highest BCUT2D eigenvalue weighted by molar-refractivity contribution is 7.91. The summed E-state index contributed by atoms with van der Waals surface area (Å²) in [4.78, 5) is 11.6. The number of ether oxygens (including phenoxy) is 1. The Morgan fingerprint density at radius 3 is 2.58 bits per heavy atom. The van der Waals surface area contributed by atoms with Gasteiger partial charge >= 0.3 is 5.97 Å². The summed E-state index contributed by atoms with van der Waals surface area (Å²) in [5.41, 5.74) is -0.690. The highest BCUT2D eigenvalue weighted by Gasteiger charge is 2.48. The van der Waals surface area contributed by atoms with Crippen LogP contribution in [-0.4, -0.2) is 32.4 Å². The van der Waals surface area contributed by atoms with Gasteiger partial charge in [-0.25, -0.2) is 8.42 Å². The van der Waals surface area contributed by atoms with Gasteiger partial charge in [-0.2, -0.15) is 0 Å². The molecule has 1 aliphatic rings. The van der Waals surface area contributed by atoms with Gasteiger partial charge in [0.2, 0.25) is 0 Å². The number of carboxylic acids is 1. The lowest BCUT2D eigenvalue weighted by Gasteiger charge is -2.27. The third-order valence-electron chi connectivity index (χ3n) is 3.74. The Bertz CT molecular complexity index is 630. The van der Waals surface area contributed by atoms with Crippen molar-refractivity contribution >= 4 is 15.8 Å². The van der Waals surface area contributed by atoms with E-state index in [0.29, 0.717) is 11.3 Å². The Labute approximate surface area is 112 Å². The molecule has 104 valence electrons. The number of fused-ring (bicyclic) bond motifs is 1. The Balaban J connectivity index is 2.71. The maximum Gasteiger partial charge on any atom is 0.309 e. The number of carbonyl (C=O) groups is 1. The zero-order chi connectivity index (χ0) is 14.4. The standard InChI is InChI=1S/C13H16O5S/c1-13(2,12(14)15)8-7-19(16,17)10-6-4-5-9(18-3)11(8)10/h4-6,8H,7H2,1-3H3,(H,14,15). The Hall–Kier alpha value is -1.56. The number of sulfone groups is 1. The van der Waals surface area contributed by atoms with E-state index in [1.54, 1.807) is 12.1 Å². The van der Waals surface area contributed by atoms with Crippen LogP contribution in [0.4, 0.5) is 0 Å². The second kappa shape index (κ2) is 4.23. The minimum atomic E-state index is -3.45. The number of rotatable bonds is 3. The molecule has 1 aromatic carbocycles. The molecule has 1 heterocycles. The van der Waals surface area contributed by atoms with E-state index in [0.717, 1.165) is 0 Å². The van der Waals surface area contributed by atoms with Crippen LogP contribution in [0, 0.1) is 5.41 Å². The molecule has 0 radical (unpaired) electrons. The molecule has 0 amide bonds. The van der Waals surface area contributed by atoms with E-state index < -0.39 is 27.1 Å². The number of hydrogen-bond acceptors (Lipinski definition) is 4. The molecular weight excluding hydrogens is 268 g/mol. The van der Waals surface area contributed by atoms with E-state index >= 15 is 0 Å². The van der Waals surface area contributed by atoms with Gasteiger partial charge in [0.15, 0.2) is 9.84 Å². The summed E-state index contributed by atoms with van der Waals surface area (Å²) in [5.74, 6) is -1.40. The molecule has 0 aromatic heterocycles. The summed E-state index contributed by atoms with van der Waals surface area (Å²) in [6.45, 7) is 3.08. The molecule has 1 aromatic rings. The van der Waals surface area contributed by atoms with Crippen molar-refractivity contribution in [3.8, 4) is 5.75 Å². The fraction of sp³-hybridized carbons (Fsp3) is 0.462. The smallest absolute Gasteiger partial charge is 0.309 e. The highest BCUT2D eigenvalue weighted by Crippen LogP contribution is 2.49. The highest BCUT2D eigenvalue weighted by atomic mass is 32.2. The Morgan fingerprint density at radius 2 is 2.05 bits per heavy atom. The third-order valence-corrected chi connectivity index (χ3v) is 5.54. The summed E-state index contributed by atoms with van der Waals surface area (Å²) in [7, 11) is -2.00. The molecule has 1 unspecified atom stereocenters. The number of aliphatic carboxylic acids is 1. The summed E-state index contributed by atoms with van der Waals surface area (Å²) in [5, 5.41) is 9.33. The second-order valence-corrected chi connectivity index (χ2v) is 7.24. The lowest BCUT2D eigenvalue weighted by molar-refractivity contribution is -0.147. The number of carboxylic acid groups (broad SMARTS) is 1. The molecule has 0 saturated carbocycles. The first-order valence-corrected chi connectivity index (χ1v) is 7.50. The molecule has 1 atom stereocenters. The first kappa shape index (κ1) is 13.9. The van der Waals surface area contributed by atoms with Crippen LogP contribution in [0.15, 0.2) is 23.1 Å². The predicted molar refractivity (Wildman–Crippen MR) is 69.2 cm³/mol. The van der Waals surface area contributed by atoms with Crippen LogP contribution in [0.25, 0.3) is 0 Å². The Morgan fingerprint density at radius 1 is 1.42 bits per heavy atom. The van der Waals surface area contributed by atoms with Crippen LogP contribution in [0.1, 0.15) is 25.3 Å². The normalized spacial score (nSPS) is 20.9. The minimum absolute atomic E-state index is 0.186. The number of benzene rings is 1. The monoisotopic (exact) mass is 284 g/mol. The summed E-state index contributed by atoms with van der Waals surface area (Å²) >= 11 is 0. The van der Waals surface area contributed by atoms with Gasteiger partial charge in [0.25, 0.3) is 0 Å². The topological polar surface area (TPSA) is 80.7 Å². The molecular formula is C13H16O5S. The molecule has 0 saturated heterocycles. The maximum atomic E-state index is 12.2. The average molecular weight is 284 g/mol. The summed E-state index contributed by atoms with van der Waals surface area (Å²) in [6, 6.07) is 4.76. The molecule has 0 fully saturated rings. The first-order valence-electron chi connectivity index (χ1n) is 5.85. The SMILES string of the molecule is COc1cccc2c1C(C(C)(C)C(=O)O)CS2(=O)=O. The lowest BCUT2D eigenvalue weighted by atomic mass is 9.76. The second-order valence-electron chi connectivity index (χ2n) is 5.23. The van der Waals surface area contributed by atoms with E-state index in [4.69, 9.17) is 4.74 Å². The van der Waals surface area contributed by atoms with Crippen molar-refractivity contribution in [1.82, 2.24) is 0 Å². The van der Waals surface area contributed by atoms with Crippen LogP contribution in [0.3, 0.4) is 0 Å². The quantitative estimate of drug-likeness (QED) is 0.913. The molecule has 5 nitrogen and oxygen atoms in total. The zero-order valence-electron chi connectivity index (χ0n) is 11.0. The van der Waals surface area contributed by atoms with Gasteiger partial charge in [0, 0.05) is 11.5 Å². The maximum absolute atomic E-state index is 12.2. The molecule has 0 bridgehead atoms. The van der Waals surface area contributed by atoms with E-state index in [1.807, 2.05) is 0 Å². The van der Waals surface area contributed by atoms with Crippen LogP contribution in [0.2, 0.25) is 0 Å². The van der Waals surface area contributed by atoms with E-state index in [1.165, 1.54) is 27.0 Å². The van der Waals surface area contributed by atoms with Gasteiger partial charge < -0.3 is 9.84 Å². The van der Waals surface area contributed by atoms with Crippen LogP contribution < -0.4 is 4.74 Å². The van der Waals surface area contributed by atoms with Gasteiger partial charge in [-0.15, -0.1) is 0 Å². The van der Waals surface area contributed by atoms with E-state index in [-0.39, 0.29) is 10.6 Å². The minimum Gasteiger partial charge on any atom is -0.496 e. The molecule has 0 spiro atoms. The van der Waals surface area contributed by atoms with Gasteiger partial charge in [-0.3, -0.25) is 4.79 Å². The summed E-state index contributed by atoms with van der Waals surface area (Å²) < 4.78 is 29.5. The van der Waals surface area contributed by atoms with Gasteiger partial charge in [0.1, 0.15) is 5.75 Å². The van der Waals surface area contributed by atoms with Crippen LogP contribution in [-0.2, 0) is 14.6 Å². The average Bonchev–Trinajstić information content (AvgIpc) is 2.62. The number of hydrogen-bond donors (Lipinski definition) is 1. The van der Waals surface area contributed by atoms with Crippen LogP contribution in [0.5, 0.6) is 5.75 Å². The van der Waals surface area contributed by atoms with Crippen LogP contribution >= 0.6 is 0 Å². The van der Waals surface area contributed by atoms with Crippen molar-refractivity contribution in [1.29, 1.82) is 0 Å². The predicted octanol–water partition coefficient (Wildman–Crippen LogP) is 1.68. The van der Waals surface area contributed by atoms with Crippen molar-refractivity contribution in [2.45, 2.75) is 24.7 Å². The fourth-order valence-electron chi connectivity index (χ4n) is 2.43. The van der Waals surface area contributed by atoms with Crippen molar-refractivity contribution < 1.29 is 23.1 Å². The van der Waals surface area contributed by atoms with Gasteiger partial charge in [0.05, 0.1) is 23.2 Å². The zero-order valence-corrected chi connectivity index (χ0v) is 11.8. The number of methoxy groups -OCH3 is 1. The van der Waals surface area contributed by atoms with Crippen molar-refractivity contribution in [2.24, 2.45) is 5.41 Å². The van der Waals surface area contributed by atoms with E-state index in [2.05, 4.69) is 0 Å². The van der Waals surface area contributed by atoms with Crippen molar-refractivity contribution in [2.75, 3.05) is 12.9 Å². The molecule has 1 N–H and O–H groups in total. The Kier molecular flexibility index (Phi) is 3.09. The van der Waals surface area contributed by atoms with Crippen molar-refractivity contribution in [3.05, 3.63) is 23.8 Å². The molecule has 19 heavy (non-hydrogen) atoms. The fourth-order valence-corrected chi connectivity index (χ4v) is 4.49. The van der Waals surface area contributed by atoms with Gasteiger partial charge in [-0.05, 0) is 26.0 Å². The third kappa shape index (κ3) is 2.00. The summed E-state index contributed by atoms with van der Waals surface area (Å²) in [6.07, 6.45) is 0. The first-order chi connectivity index (χ1) is 8.71. The van der Waals surface area contributed by atoms with Crippen molar-refractivity contribution in [3.63, 3.8) is 0 Å². The van der Waals surface area contributed by atoms with Gasteiger partial charge in [-0.1, -0.05) is 6.07 Å². The molecule has 2 rings (SSSR count). The molecule has 0 aliphatic carbocycles. The molecule has 6 heteroatoms. The lowest BCUT2D eigenvalue weighted by Crippen LogP contribution is -2.32. The largest absolute Gasteiger partial charge is 0.496 e. The van der Waals surface area contributed by atoms with E-state index in [9.17, 15) is 18.3 Å².